The topological polar surface area (TPSA) is 79.4 Å². The van der Waals surface area contributed by atoms with Crippen LogP contribution in [-0.4, -0.2) is 25.9 Å². The minimum absolute atomic E-state index is 0.0968. The second kappa shape index (κ2) is 7.67. The fraction of sp³-hybridized carbons (Fsp3) is 0.182. The summed E-state index contributed by atoms with van der Waals surface area (Å²) in [5, 5.41) is 2.74. The van der Waals surface area contributed by atoms with Crippen molar-refractivity contribution in [3.05, 3.63) is 83.6 Å². The van der Waals surface area contributed by atoms with Crippen LogP contribution in [0, 0.1) is 6.92 Å². The van der Waals surface area contributed by atoms with Crippen LogP contribution in [0.4, 0.5) is 11.5 Å². The van der Waals surface area contributed by atoms with Gasteiger partial charge >= 0.3 is 0 Å². The van der Waals surface area contributed by atoms with Crippen molar-refractivity contribution in [2.45, 2.75) is 24.7 Å². The average Bonchev–Trinajstić information content (AvgIpc) is 2.75. The van der Waals surface area contributed by atoms with Crippen LogP contribution in [0.1, 0.15) is 27.9 Å². The predicted octanol–water partition coefficient (Wildman–Crippen LogP) is 3.78. The Bertz CT molecular complexity index is 1180. The first-order valence-corrected chi connectivity index (χ1v) is 10.8. The minimum atomic E-state index is -3.77. The van der Waals surface area contributed by atoms with E-state index in [9.17, 15) is 13.2 Å². The molecule has 1 amide bonds. The van der Waals surface area contributed by atoms with Gasteiger partial charge in [-0.2, -0.15) is 0 Å². The second-order valence-electron chi connectivity index (χ2n) is 6.96. The molecule has 4 rings (SSSR count). The summed E-state index contributed by atoms with van der Waals surface area (Å²) < 4.78 is 28.1. The standard InChI is InChI=1S/C22H21N3O3S/c1-16-7-5-13-23-21(16)24-22(26)18-9-4-11-19(15-18)29(27,28)25-14-6-10-17-8-2-3-12-20(17)25/h2-5,7-9,11-13,15H,6,10,14H2,1H3,(H,23,24,26). The minimum Gasteiger partial charge on any atom is -0.306 e. The molecule has 148 valence electrons. The zero-order valence-corrected chi connectivity index (χ0v) is 16.8. The zero-order valence-electron chi connectivity index (χ0n) is 16.0. The van der Waals surface area contributed by atoms with Crippen LogP contribution in [0.5, 0.6) is 0 Å². The summed E-state index contributed by atoms with van der Waals surface area (Å²) >= 11 is 0. The van der Waals surface area contributed by atoms with Gasteiger partial charge in [0.05, 0.1) is 10.6 Å². The van der Waals surface area contributed by atoms with Crippen molar-refractivity contribution >= 4 is 27.4 Å². The number of sulfonamides is 1. The third-order valence-electron chi connectivity index (χ3n) is 4.99. The highest BCUT2D eigenvalue weighted by atomic mass is 32.2. The smallest absolute Gasteiger partial charge is 0.264 e. The van der Waals surface area contributed by atoms with Crippen molar-refractivity contribution < 1.29 is 13.2 Å². The fourth-order valence-corrected chi connectivity index (χ4v) is 5.06. The van der Waals surface area contributed by atoms with Gasteiger partial charge in [0, 0.05) is 18.3 Å². The molecule has 0 bridgehead atoms. The average molecular weight is 407 g/mol. The number of amides is 1. The van der Waals surface area contributed by atoms with E-state index in [4.69, 9.17) is 0 Å². The van der Waals surface area contributed by atoms with Crippen molar-refractivity contribution in [3.63, 3.8) is 0 Å². The van der Waals surface area contributed by atoms with Crippen LogP contribution in [0.15, 0.2) is 71.8 Å². The van der Waals surface area contributed by atoms with Crippen LogP contribution in [0.3, 0.4) is 0 Å². The van der Waals surface area contributed by atoms with E-state index in [0.29, 0.717) is 18.1 Å². The number of aromatic nitrogens is 1. The molecule has 0 unspecified atom stereocenters. The Labute approximate surface area is 170 Å². The third-order valence-corrected chi connectivity index (χ3v) is 6.80. The van der Waals surface area contributed by atoms with Crippen LogP contribution in [0.2, 0.25) is 0 Å². The molecule has 29 heavy (non-hydrogen) atoms. The maximum Gasteiger partial charge on any atom is 0.264 e. The lowest BCUT2D eigenvalue weighted by Gasteiger charge is -2.30. The maximum atomic E-state index is 13.3. The number of rotatable bonds is 4. The number of hydrogen-bond donors (Lipinski definition) is 1. The Morgan fingerprint density at radius 2 is 1.90 bits per heavy atom. The Morgan fingerprint density at radius 1 is 1.07 bits per heavy atom. The summed E-state index contributed by atoms with van der Waals surface area (Å²) in [6.07, 6.45) is 3.21. The Hall–Kier alpha value is -3.19. The molecule has 0 radical (unpaired) electrons. The van der Waals surface area contributed by atoms with E-state index in [2.05, 4.69) is 10.3 Å². The maximum absolute atomic E-state index is 13.3. The molecule has 0 spiro atoms. The molecule has 2 aromatic carbocycles. The van der Waals surface area contributed by atoms with Gasteiger partial charge < -0.3 is 5.32 Å². The first-order valence-electron chi connectivity index (χ1n) is 9.40. The fourth-order valence-electron chi connectivity index (χ4n) is 3.47. The van der Waals surface area contributed by atoms with Crippen molar-refractivity contribution in [1.82, 2.24) is 4.98 Å². The highest BCUT2D eigenvalue weighted by molar-refractivity contribution is 7.92. The molecule has 1 aromatic heterocycles. The number of hydrogen-bond acceptors (Lipinski definition) is 4. The van der Waals surface area contributed by atoms with Crippen LogP contribution in [-0.2, 0) is 16.4 Å². The highest BCUT2D eigenvalue weighted by Crippen LogP contribution is 2.32. The van der Waals surface area contributed by atoms with E-state index in [0.717, 1.165) is 24.0 Å². The quantitative estimate of drug-likeness (QED) is 0.714. The molecule has 1 aliphatic heterocycles. The summed E-state index contributed by atoms with van der Waals surface area (Å²) in [6.45, 7) is 2.26. The van der Waals surface area contributed by atoms with Gasteiger partial charge in [-0.3, -0.25) is 9.10 Å². The van der Waals surface area contributed by atoms with E-state index < -0.39 is 15.9 Å². The number of nitrogens with zero attached hydrogens (tertiary/aromatic N) is 2. The van der Waals surface area contributed by atoms with Gasteiger partial charge in [-0.25, -0.2) is 13.4 Å². The first-order chi connectivity index (χ1) is 14.0. The predicted molar refractivity (Wildman–Crippen MR) is 113 cm³/mol. The molecule has 1 N–H and O–H groups in total. The number of pyridine rings is 1. The molecule has 0 fully saturated rings. The lowest BCUT2D eigenvalue weighted by Crippen LogP contribution is -2.35. The molecule has 0 aliphatic carbocycles. The van der Waals surface area contributed by atoms with E-state index >= 15 is 0 Å². The van der Waals surface area contributed by atoms with Crippen molar-refractivity contribution in [3.8, 4) is 0 Å². The van der Waals surface area contributed by atoms with E-state index in [1.54, 1.807) is 24.4 Å². The summed E-state index contributed by atoms with van der Waals surface area (Å²) in [4.78, 5) is 16.9. The van der Waals surface area contributed by atoms with E-state index in [1.165, 1.54) is 16.4 Å². The summed E-state index contributed by atoms with van der Waals surface area (Å²) in [5.41, 5.74) is 2.82. The third kappa shape index (κ3) is 3.73. The monoisotopic (exact) mass is 407 g/mol. The lowest BCUT2D eigenvalue weighted by atomic mass is 10.0. The molecule has 7 heteroatoms. The molecule has 6 nitrogen and oxygen atoms in total. The normalized spacial score (nSPS) is 13.6. The molecule has 1 aliphatic rings. The second-order valence-corrected chi connectivity index (χ2v) is 8.82. The van der Waals surface area contributed by atoms with E-state index in [1.807, 2.05) is 37.3 Å². The van der Waals surface area contributed by atoms with Gasteiger partial charge in [-0.15, -0.1) is 0 Å². The highest BCUT2D eigenvalue weighted by Gasteiger charge is 2.29. The lowest BCUT2D eigenvalue weighted by molar-refractivity contribution is 0.102. The van der Waals surface area contributed by atoms with Crippen molar-refractivity contribution in [1.29, 1.82) is 0 Å². The zero-order chi connectivity index (χ0) is 20.4. The van der Waals surface area contributed by atoms with Gasteiger partial charge in [0.25, 0.3) is 15.9 Å². The number of fused-ring (bicyclic) bond motifs is 1. The van der Waals surface area contributed by atoms with E-state index in [-0.39, 0.29) is 10.5 Å². The molecule has 3 aromatic rings. The van der Waals surface area contributed by atoms with Gasteiger partial charge in [-0.1, -0.05) is 30.3 Å². The summed E-state index contributed by atoms with van der Waals surface area (Å²) in [7, 11) is -3.77. The molecule has 0 saturated carbocycles. The summed E-state index contributed by atoms with van der Waals surface area (Å²) in [5.74, 6) is 0.0543. The number of nitrogens with one attached hydrogen (secondary N) is 1. The Kier molecular flexibility index (Phi) is 5.07. The first kappa shape index (κ1) is 19.1. The molecular weight excluding hydrogens is 386 g/mol. The Balaban J connectivity index is 1.65. The van der Waals surface area contributed by atoms with Crippen molar-refractivity contribution in [2.24, 2.45) is 0 Å². The number of para-hydroxylation sites is 1. The molecule has 2 heterocycles. The molecule has 0 saturated heterocycles. The number of benzene rings is 2. The largest absolute Gasteiger partial charge is 0.306 e. The molecular formula is C22H21N3O3S. The van der Waals surface area contributed by atoms with Gasteiger partial charge in [-0.05, 0) is 61.2 Å². The number of aryl methyl sites for hydroxylation is 2. The van der Waals surface area contributed by atoms with Crippen molar-refractivity contribution in [2.75, 3.05) is 16.2 Å². The number of anilines is 2. The van der Waals surface area contributed by atoms with Crippen LogP contribution in [0.25, 0.3) is 0 Å². The van der Waals surface area contributed by atoms with Crippen LogP contribution >= 0.6 is 0 Å². The van der Waals surface area contributed by atoms with Crippen LogP contribution < -0.4 is 9.62 Å². The summed E-state index contributed by atoms with van der Waals surface area (Å²) in [6, 6.07) is 17.3. The number of carbonyl (C=O) groups excluding carboxylic acids is 1. The van der Waals surface area contributed by atoms with Gasteiger partial charge in [0.15, 0.2) is 0 Å². The number of carbonyl (C=O) groups is 1. The van der Waals surface area contributed by atoms with Gasteiger partial charge in [0.2, 0.25) is 0 Å². The Morgan fingerprint density at radius 3 is 2.72 bits per heavy atom. The molecule has 0 atom stereocenters. The van der Waals surface area contributed by atoms with Gasteiger partial charge in [0.1, 0.15) is 5.82 Å². The SMILES string of the molecule is Cc1cccnc1NC(=O)c1cccc(S(=O)(=O)N2CCCc3ccccc32)c1.